The molecule has 1 aliphatic carbocycles. The molecule has 28 heavy (non-hydrogen) atoms. The summed E-state index contributed by atoms with van der Waals surface area (Å²) < 4.78 is 0. The first-order chi connectivity index (χ1) is 13.8. The lowest BCUT2D eigenvalue weighted by Gasteiger charge is -2.29. The van der Waals surface area contributed by atoms with Crippen molar-refractivity contribution in [2.75, 3.05) is 6.54 Å². The largest absolute Gasteiger partial charge is 0.349 e. The van der Waals surface area contributed by atoms with Gasteiger partial charge in [-0.15, -0.1) is 0 Å². The van der Waals surface area contributed by atoms with Crippen LogP contribution in [0.3, 0.4) is 0 Å². The Hall–Kier alpha value is -2.66. The third-order valence-corrected chi connectivity index (χ3v) is 6.16. The number of amides is 1. The molecule has 3 N–H and O–H groups in total. The fraction of sp³-hybridized carbons (Fsp3) is 0.391. The molecule has 2 aliphatic rings. The Morgan fingerprint density at radius 3 is 2.96 bits per heavy atom. The van der Waals surface area contributed by atoms with E-state index < -0.39 is 0 Å². The zero-order valence-electron chi connectivity index (χ0n) is 16.0. The lowest BCUT2D eigenvalue weighted by Crippen LogP contribution is -2.38. The molecule has 5 heteroatoms. The van der Waals surface area contributed by atoms with E-state index in [9.17, 15) is 4.79 Å². The van der Waals surface area contributed by atoms with E-state index in [1.165, 1.54) is 11.1 Å². The van der Waals surface area contributed by atoms with Crippen LogP contribution in [0, 0.1) is 0 Å². The number of carbonyl (C=O) groups is 1. The summed E-state index contributed by atoms with van der Waals surface area (Å²) in [4.78, 5) is 21.1. The van der Waals surface area contributed by atoms with Gasteiger partial charge in [-0.3, -0.25) is 4.79 Å². The van der Waals surface area contributed by atoms with Crippen molar-refractivity contribution in [3.63, 3.8) is 0 Å². The molecule has 0 unspecified atom stereocenters. The van der Waals surface area contributed by atoms with E-state index in [0.29, 0.717) is 5.92 Å². The van der Waals surface area contributed by atoms with E-state index in [2.05, 4.69) is 33.8 Å². The molecule has 1 aliphatic heterocycles. The summed E-state index contributed by atoms with van der Waals surface area (Å²) in [6.07, 6.45) is 5.21. The highest BCUT2D eigenvalue weighted by atomic mass is 16.1. The molecule has 0 saturated heterocycles. The SMILES string of the molecule is O=C(N[C@@H]1CCC[C@H](c2nc3ccccc3[nH]2)C1)c1ccc2c(c1)CCNC2. The number of benzene rings is 2. The Labute approximate surface area is 164 Å². The number of aromatic nitrogens is 2. The van der Waals surface area contributed by atoms with Gasteiger partial charge in [-0.2, -0.15) is 0 Å². The number of hydrogen-bond donors (Lipinski definition) is 3. The van der Waals surface area contributed by atoms with E-state index in [1.807, 2.05) is 24.3 Å². The molecule has 1 fully saturated rings. The van der Waals surface area contributed by atoms with Gasteiger partial charge in [0.05, 0.1) is 11.0 Å². The van der Waals surface area contributed by atoms with Gasteiger partial charge < -0.3 is 15.6 Å². The minimum atomic E-state index is 0.0524. The molecule has 3 aromatic rings. The number of imidazole rings is 1. The summed E-state index contributed by atoms with van der Waals surface area (Å²) in [5.74, 6) is 1.49. The van der Waals surface area contributed by atoms with E-state index in [0.717, 1.165) is 67.6 Å². The molecule has 1 saturated carbocycles. The number of aromatic amines is 1. The molecular formula is C23H26N4O. The minimum Gasteiger partial charge on any atom is -0.349 e. The van der Waals surface area contributed by atoms with Crippen molar-refractivity contribution in [3.05, 3.63) is 65.0 Å². The molecule has 0 bridgehead atoms. The van der Waals surface area contributed by atoms with Gasteiger partial charge in [0.25, 0.3) is 5.91 Å². The molecular weight excluding hydrogens is 348 g/mol. The van der Waals surface area contributed by atoms with Crippen molar-refractivity contribution in [1.82, 2.24) is 20.6 Å². The van der Waals surface area contributed by atoms with Gasteiger partial charge in [0, 0.05) is 24.1 Å². The topological polar surface area (TPSA) is 69.8 Å². The molecule has 1 amide bonds. The average molecular weight is 374 g/mol. The zero-order chi connectivity index (χ0) is 18.9. The predicted molar refractivity (Wildman–Crippen MR) is 110 cm³/mol. The van der Waals surface area contributed by atoms with Crippen molar-refractivity contribution < 1.29 is 4.79 Å². The third-order valence-electron chi connectivity index (χ3n) is 6.16. The van der Waals surface area contributed by atoms with Crippen molar-refractivity contribution >= 4 is 16.9 Å². The predicted octanol–water partition coefficient (Wildman–Crippen LogP) is 3.66. The van der Waals surface area contributed by atoms with E-state index >= 15 is 0 Å². The smallest absolute Gasteiger partial charge is 0.251 e. The number of rotatable bonds is 3. The monoisotopic (exact) mass is 374 g/mol. The Kier molecular flexibility index (Phi) is 4.61. The summed E-state index contributed by atoms with van der Waals surface area (Å²) in [5, 5.41) is 6.66. The van der Waals surface area contributed by atoms with Crippen molar-refractivity contribution in [3.8, 4) is 0 Å². The molecule has 0 spiro atoms. The molecule has 0 radical (unpaired) electrons. The van der Waals surface area contributed by atoms with Crippen molar-refractivity contribution in [2.45, 2.75) is 50.6 Å². The van der Waals surface area contributed by atoms with E-state index in [-0.39, 0.29) is 11.9 Å². The standard InChI is InChI=1S/C23H26N4O/c28-23(17-8-9-18-14-24-11-10-15(18)12-17)25-19-5-3-4-16(13-19)22-26-20-6-1-2-7-21(20)27-22/h1-2,6-9,12,16,19,24H,3-5,10-11,13-14H2,(H,25,28)(H,26,27)/t16-,19+/m0/s1. The average Bonchev–Trinajstić information content (AvgIpc) is 3.18. The van der Waals surface area contributed by atoms with Crippen LogP contribution in [-0.4, -0.2) is 28.5 Å². The van der Waals surface area contributed by atoms with E-state index in [4.69, 9.17) is 4.98 Å². The van der Waals surface area contributed by atoms with Crippen LogP contribution in [0.25, 0.3) is 11.0 Å². The number of hydrogen-bond acceptors (Lipinski definition) is 3. The fourth-order valence-corrected chi connectivity index (χ4v) is 4.62. The summed E-state index contributed by atoms with van der Waals surface area (Å²) in [6.45, 7) is 1.89. The maximum Gasteiger partial charge on any atom is 0.251 e. The Balaban J connectivity index is 1.28. The van der Waals surface area contributed by atoms with Crippen molar-refractivity contribution in [1.29, 1.82) is 0 Å². The number of nitrogens with zero attached hydrogens (tertiary/aromatic N) is 1. The number of para-hydroxylation sites is 2. The number of H-pyrrole nitrogens is 1. The highest BCUT2D eigenvalue weighted by Crippen LogP contribution is 2.32. The second-order valence-corrected chi connectivity index (χ2v) is 8.08. The molecule has 2 heterocycles. The van der Waals surface area contributed by atoms with Crippen molar-refractivity contribution in [2.24, 2.45) is 0 Å². The Morgan fingerprint density at radius 1 is 1.11 bits per heavy atom. The summed E-state index contributed by atoms with van der Waals surface area (Å²) >= 11 is 0. The summed E-state index contributed by atoms with van der Waals surface area (Å²) in [6, 6.07) is 14.5. The molecule has 1 aromatic heterocycles. The van der Waals surface area contributed by atoms with Gasteiger partial charge in [0.1, 0.15) is 5.82 Å². The van der Waals surface area contributed by atoms with Crippen LogP contribution < -0.4 is 10.6 Å². The first-order valence-electron chi connectivity index (χ1n) is 10.3. The van der Waals surface area contributed by atoms with Gasteiger partial charge in [-0.1, -0.05) is 24.6 Å². The van der Waals surface area contributed by atoms with Crippen LogP contribution in [-0.2, 0) is 13.0 Å². The molecule has 2 atom stereocenters. The quantitative estimate of drug-likeness (QED) is 0.655. The van der Waals surface area contributed by atoms with Crippen LogP contribution in [0.4, 0.5) is 0 Å². The number of carbonyl (C=O) groups excluding carboxylic acids is 1. The van der Waals surface area contributed by atoms with Crippen LogP contribution >= 0.6 is 0 Å². The fourth-order valence-electron chi connectivity index (χ4n) is 4.62. The second-order valence-electron chi connectivity index (χ2n) is 8.08. The Morgan fingerprint density at radius 2 is 2.04 bits per heavy atom. The van der Waals surface area contributed by atoms with Crippen LogP contribution in [0.5, 0.6) is 0 Å². The van der Waals surface area contributed by atoms with Crippen LogP contribution in [0.2, 0.25) is 0 Å². The van der Waals surface area contributed by atoms with E-state index in [1.54, 1.807) is 0 Å². The lowest BCUT2D eigenvalue weighted by molar-refractivity contribution is 0.0924. The molecule has 2 aromatic carbocycles. The molecule has 144 valence electrons. The van der Waals surface area contributed by atoms with Crippen LogP contribution in [0.1, 0.15) is 58.9 Å². The number of fused-ring (bicyclic) bond motifs is 2. The summed E-state index contributed by atoms with van der Waals surface area (Å²) in [5.41, 5.74) is 5.51. The van der Waals surface area contributed by atoms with Crippen LogP contribution in [0.15, 0.2) is 42.5 Å². The van der Waals surface area contributed by atoms with Gasteiger partial charge in [0.2, 0.25) is 0 Å². The maximum absolute atomic E-state index is 12.8. The molecule has 5 nitrogen and oxygen atoms in total. The zero-order valence-corrected chi connectivity index (χ0v) is 16.0. The minimum absolute atomic E-state index is 0.0524. The van der Waals surface area contributed by atoms with Gasteiger partial charge in [-0.25, -0.2) is 4.98 Å². The van der Waals surface area contributed by atoms with Gasteiger partial charge in [0.15, 0.2) is 0 Å². The highest BCUT2D eigenvalue weighted by Gasteiger charge is 2.27. The second kappa shape index (κ2) is 7.40. The van der Waals surface area contributed by atoms with Gasteiger partial charge in [-0.05, 0) is 67.6 Å². The Bertz CT molecular complexity index is 976. The van der Waals surface area contributed by atoms with Gasteiger partial charge >= 0.3 is 0 Å². The first-order valence-corrected chi connectivity index (χ1v) is 10.3. The summed E-state index contributed by atoms with van der Waals surface area (Å²) in [7, 11) is 0. The highest BCUT2D eigenvalue weighted by molar-refractivity contribution is 5.94. The maximum atomic E-state index is 12.8. The lowest BCUT2D eigenvalue weighted by atomic mass is 9.85. The first kappa shape index (κ1) is 17.4. The normalized spacial score (nSPS) is 22.0. The third kappa shape index (κ3) is 3.42. The number of nitrogens with one attached hydrogen (secondary N) is 3. The molecule has 5 rings (SSSR count).